The van der Waals surface area contributed by atoms with Crippen LogP contribution in [0.1, 0.15) is 37.7 Å². The fourth-order valence-electron chi connectivity index (χ4n) is 2.85. The molecule has 1 N–H and O–H groups in total. The maximum atomic E-state index is 12.3. The Labute approximate surface area is 126 Å². The summed E-state index contributed by atoms with van der Waals surface area (Å²) < 4.78 is 5.48. The highest BCUT2D eigenvalue weighted by molar-refractivity contribution is 5.68. The quantitative estimate of drug-likeness (QED) is 0.905. The van der Waals surface area contributed by atoms with E-state index in [1.165, 1.54) is 19.3 Å². The van der Waals surface area contributed by atoms with E-state index in [-0.39, 0.29) is 6.09 Å². The van der Waals surface area contributed by atoms with Gasteiger partial charge in [-0.1, -0.05) is 30.3 Å². The van der Waals surface area contributed by atoms with Gasteiger partial charge in [-0.25, -0.2) is 4.79 Å². The van der Waals surface area contributed by atoms with Crippen LogP contribution in [0.2, 0.25) is 0 Å². The first-order valence-corrected chi connectivity index (χ1v) is 8.03. The number of nitrogens with zero attached hydrogens (tertiary/aromatic N) is 1. The maximum absolute atomic E-state index is 12.3. The molecule has 0 radical (unpaired) electrons. The Morgan fingerprint density at radius 3 is 2.76 bits per heavy atom. The van der Waals surface area contributed by atoms with Crippen LogP contribution in [0.3, 0.4) is 0 Å². The van der Waals surface area contributed by atoms with E-state index in [1.54, 1.807) is 0 Å². The highest BCUT2D eigenvalue weighted by Gasteiger charge is 2.29. The molecule has 21 heavy (non-hydrogen) atoms. The summed E-state index contributed by atoms with van der Waals surface area (Å²) in [6.07, 6.45) is 5.78. The number of hydrogen-bond acceptors (Lipinski definition) is 3. The van der Waals surface area contributed by atoms with Crippen molar-refractivity contribution < 1.29 is 9.53 Å². The first-order valence-electron chi connectivity index (χ1n) is 8.03. The Balaban J connectivity index is 1.50. The molecule has 1 aromatic carbocycles. The van der Waals surface area contributed by atoms with Crippen LogP contribution in [0.5, 0.6) is 0 Å². The molecule has 4 nitrogen and oxygen atoms in total. The van der Waals surface area contributed by atoms with Crippen LogP contribution >= 0.6 is 0 Å². The Hall–Kier alpha value is -1.55. The zero-order chi connectivity index (χ0) is 14.5. The van der Waals surface area contributed by atoms with Crippen molar-refractivity contribution in [1.82, 2.24) is 10.2 Å². The van der Waals surface area contributed by atoms with Gasteiger partial charge in [0.1, 0.15) is 6.61 Å². The monoisotopic (exact) mass is 288 g/mol. The predicted molar refractivity (Wildman–Crippen MR) is 82.0 cm³/mol. The van der Waals surface area contributed by atoms with E-state index in [0.29, 0.717) is 18.7 Å². The summed E-state index contributed by atoms with van der Waals surface area (Å²) in [6, 6.07) is 10.8. The summed E-state index contributed by atoms with van der Waals surface area (Å²) in [5.74, 6) is 0. The molecular formula is C17H24N2O2. The second-order valence-electron chi connectivity index (χ2n) is 6.07. The van der Waals surface area contributed by atoms with Gasteiger partial charge in [-0.15, -0.1) is 0 Å². The molecule has 114 valence electrons. The van der Waals surface area contributed by atoms with Crippen molar-refractivity contribution in [2.24, 2.45) is 0 Å². The summed E-state index contributed by atoms with van der Waals surface area (Å²) in [6.45, 7) is 2.09. The lowest BCUT2D eigenvalue weighted by Crippen LogP contribution is -2.49. The van der Waals surface area contributed by atoms with Crippen LogP contribution in [-0.4, -0.2) is 36.2 Å². The molecule has 0 spiro atoms. The van der Waals surface area contributed by atoms with Crippen LogP contribution in [-0.2, 0) is 11.3 Å². The zero-order valence-corrected chi connectivity index (χ0v) is 12.5. The third-order valence-corrected chi connectivity index (χ3v) is 4.29. The van der Waals surface area contributed by atoms with E-state index in [1.807, 2.05) is 35.2 Å². The lowest BCUT2D eigenvalue weighted by Gasteiger charge is -2.35. The van der Waals surface area contributed by atoms with Gasteiger partial charge in [0.2, 0.25) is 0 Å². The van der Waals surface area contributed by atoms with Crippen LogP contribution in [0.15, 0.2) is 30.3 Å². The van der Waals surface area contributed by atoms with E-state index in [0.717, 1.165) is 31.5 Å². The van der Waals surface area contributed by atoms with E-state index in [4.69, 9.17) is 4.74 Å². The van der Waals surface area contributed by atoms with Crippen molar-refractivity contribution in [3.8, 4) is 0 Å². The highest BCUT2D eigenvalue weighted by atomic mass is 16.6. The fraction of sp³-hybridized carbons (Fsp3) is 0.588. The third kappa shape index (κ3) is 4.21. The van der Waals surface area contributed by atoms with Crippen LogP contribution in [0, 0.1) is 0 Å². The topological polar surface area (TPSA) is 41.6 Å². The molecule has 0 unspecified atom stereocenters. The summed E-state index contributed by atoms with van der Waals surface area (Å²) in [5, 5.41) is 3.54. The van der Waals surface area contributed by atoms with Gasteiger partial charge >= 0.3 is 6.09 Å². The predicted octanol–water partition coefficient (Wildman–Crippen LogP) is 2.93. The Morgan fingerprint density at radius 2 is 2.00 bits per heavy atom. The lowest BCUT2D eigenvalue weighted by atomic mass is 10.0. The molecule has 1 saturated heterocycles. The van der Waals surface area contributed by atoms with E-state index >= 15 is 0 Å². The third-order valence-electron chi connectivity index (χ3n) is 4.29. The minimum absolute atomic E-state index is 0.166. The average Bonchev–Trinajstić information content (AvgIpc) is 3.36. The molecule has 1 aliphatic heterocycles. The number of piperidine rings is 1. The fourth-order valence-corrected chi connectivity index (χ4v) is 2.85. The average molecular weight is 288 g/mol. The molecule has 1 atom stereocenters. The van der Waals surface area contributed by atoms with E-state index < -0.39 is 0 Å². The minimum atomic E-state index is -0.166. The van der Waals surface area contributed by atoms with Gasteiger partial charge in [0.25, 0.3) is 0 Å². The van der Waals surface area contributed by atoms with Gasteiger partial charge in [0.15, 0.2) is 0 Å². The zero-order valence-electron chi connectivity index (χ0n) is 12.5. The van der Waals surface area contributed by atoms with Crippen molar-refractivity contribution in [2.45, 2.75) is 50.8 Å². The minimum Gasteiger partial charge on any atom is -0.445 e. The van der Waals surface area contributed by atoms with Crippen LogP contribution in [0.25, 0.3) is 0 Å². The second kappa shape index (κ2) is 6.94. The highest BCUT2D eigenvalue weighted by Crippen LogP contribution is 2.22. The van der Waals surface area contributed by atoms with Crippen LogP contribution in [0.4, 0.5) is 4.79 Å². The number of likely N-dealkylation sites (tertiary alicyclic amines) is 1. The van der Waals surface area contributed by atoms with Crippen molar-refractivity contribution in [3.05, 3.63) is 35.9 Å². The first kappa shape index (κ1) is 14.4. The summed E-state index contributed by atoms with van der Waals surface area (Å²) in [7, 11) is 0. The summed E-state index contributed by atoms with van der Waals surface area (Å²) in [4.78, 5) is 14.2. The normalized spacial score (nSPS) is 22.1. The van der Waals surface area contributed by atoms with Crippen molar-refractivity contribution >= 4 is 6.09 Å². The van der Waals surface area contributed by atoms with Gasteiger partial charge in [0, 0.05) is 25.2 Å². The molecular weight excluding hydrogens is 264 g/mol. The molecule has 1 heterocycles. The first-order chi connectivity index (χ1) is 10.3. The smallest absolute Gasteiger partial charge is 0.410 e. The number of amides is 1. The number of benzene rings is 1. The number of carbonyl (C=O) groups excluding carboxylic acids is 1. The number of carbonyl (C=O) groups is 1. The van der Waals surface area contributed by atoms with Crippen molar-refractivity contribution in [3.63, 3.8) is 0 Å². The number of nitrogens with one attached hydrogen (secondary N) is 1. The van der Waals surface area contributed by atoms with Crippen molar-refractivity contribution in [1.29, 1.82) is 0 Å². The van der Waals surface area contributed by atoms with Crippen molar-refractivity contribution in [2.75, 3.05) is 13.1 Å². The summed E-state index contributed by atoms with van der Waals surface area (Å²) >= 11 is 0. The molecule has 2 fully saturated rings. The molecule has 1 aromatic rings. The van der Waals surface area contributed by atoms with Gasteiger partial charge in [-0.2, -0.15) is 0 Å². The van der Waals surface area contributed by atoms with Crippen LogP contribution < -0.4 is 5.32 Å². The molecule has 4 heteroatoms. The number of hydrogen-bond donors (Lipinski definition) is 1. The standard InChI is InChI=1S/C17H24N2O2/c20-17(21-13-14-6-2-1-3-7-14)19-11-5-4-8-16(19)12-18-15-9-10-15/h1-3,6-7,15-16,18H,4-5,8-13H2/t16-/m0/s1. The molecule has 0 bridgehead atoms. The second-order valence-corrected chi connectivity index (χ2v) is 6.07. The molecule has 0 aromatic heterocycles. The lowest BCUT2D eigenvalue weighted by molar-refractivity contribution is 0.0678. The van der Waals surface area contributed by atoms with Gasteiger partial charge in [-0.05, 0) is 37.7 Å². The SMILES string of the molecule is O=C(OCc1ccccc1)N1CCCC[C@H]1CNC1CC1. The Kier molecular flexibility index (Phi) is 4.76. The van der Waals surface area contributed by atoms with E-state index in [9.17, 15) is 4.79 Å². The Morgan fingerprint density at radius 1 is 1.19 bits per heavy atom. The van der Waals surface area contributed by atoms with Gasteiger partial charge < -0.3 is 15.0 Å². The maximum Gasteiger partial charge on any atom is 0.410 e. The van der Waals surface area contributed by atoms with E-state index in [2.05, 4.69) is 5.32 Å². The largest absolute Gasteiger partial charge is 0.445 e. The number of ether oxygens (including phenoxy) is 1. The molecule has 1 amide bonds. The molecule has 1 saturated carbocycles. The molecule has 3 rings (SSSR count). The Bertz CT molecular complexity index is 459. The van der Waals surface area contributed by atoms with Gasteiger partial charge in [-0.3, -0.25) is 0 Å². The van der Waals surface area contributed by atoms with Gasteiger partial charge in [0.05, 0.1) is 0 Å². The summed E-state index contributed by atoms with van der Waals surface area (Å²) in [5.41, 5.74) is 1.04. The molecule has 1 aliphatic carbocycles. The number of rotatable bonds is 5. The molecule has 2 aliphatic rings.